The molecule has 0 bridgehead atoms. The Morgan fingerprint density at radius 3 is 2.46 bits per heavy atom. The molecule has 0 aliphatic carbocycles. The molecule has 0 aromatic heterocycles. The highest BCUT2D eigenvalue weighted by Gasteiger charge is 2.13. The number of hydrogen-bond acceptors (Lipinski definition) is 2. The molecule has 13 heavy (non-hydrogen) atoms. The van der Waals surface area contributed by atoms with Gasteiger partial charge in [0.1, 0.15) is 5.75 Å². The average molecular weight is 309 g/mol. The standard InChI is InChI=1S/C9H11Br2NO/c1-4-7(10)3-6(5(2)12)9(13)8(4)11/h3,5,13H,12H2,1-2H3/t5-/m1/s1. The highest BCUT2D eigenvalue weighted by atomic mass is 79.9. The number of hydrogen-bond donors (Lipinski definition) is 2. The Hall–Kier alpha value is -0.0600. The largest absolute Gasteiger partial charge is 0.506 e. The molecule has 3 N–H and O–H groups in total. The van der Waals surface area contributed by atoms with Crippen molar-refractivity contribution in [3.05, 3.63) is 26.1 Å². The summed E-state index contributed by atoms with van der Waals surface area (Å²) >= 11 is 6.72. The second kappa shape index (κ2) is 3.98. The van der Waals surface area contributed by atoms with Crippen LogP contribution in [0.15, 0.2) is 15.0 Å². The van der Waals surface area contributed by atoms with Crippen molar-refractivity contribution in [2.45, 2.75) is 19.9 Å². The van der Waals surface area contributed by atoms with Gasteiger partial charge in [-0.25, -0.2) is 0 Å². The second-order valence-corrected chi connectivity index (χ2v) is 4.67. The SMILES string of the molecule is Cc1c(Br)cc([C@@H](C)N)c(O)c1Br. The van der Waals surface area contributed by atoms with Gasteiger partial charge in [0.2, 0.25) is 0 Å². The molecule has 1 aromatic rings. The molecule has 1 atom stereocenters. The third-order valence-corrected chi connectivity index (χ3v) is 3.74. The molecule has 4 heteroatoms. The van der Waals surface area contributed by atoms with Crippen molar-refractivity contribution in [3.63, 3.8) is 0 Å². The fourth-order valence-corrected chi connectivity index (χ4v) is 2.22. The van der Waals surface area contributed by atoms with Gasteiger partial charge >= 0.3 is 0 Å². The van der Waals surface area contributed by atoms with E-state index in [4.69, 9.17) is 5.73 Å². The monoisotopic (exact) mass is 307 g/mol. The number of halogens is 2. The lowest BCUT2D eigenvalue weighted by Gasteiger charge is -2.13. The van der Waals surface area contributed by atoms with E-state index in [2.05, 4.69) is 31.9 Å². The van der Waals surface area contributed by atoms with Crippen LogP contribution in [0.1, 0.15) is 24.1 Å². The molecule has 0 saturated heterocycles. The summed E-state index contributed by atoms with van der Waals surface area (Å²) in [5.74, 6) is 0.232. The zero-order valence-electron chi connectivity index (χ0n) is 7.44. The minimum atomic E-state index is -0.173. The van der Waals surface area contributed by atoms with Crippen molar-refractivity contribution < 1.29 is 5.11 Å². The Morgan fingerprint density at radius 1 is 1.46 bits per heavy atom. The molecule has 0 heterocycles. The van der Waals surface area contributed by atoms with Crippen LogP contribution in [0.4, 0.5) is 0 Å². The van der Waals surface area contributed by atoms with Gasteiger partial charge < -0.3 is 10.8 Å². The predicted octanol–water partition coefficient (Wildman–Crippen LogP) is 3.25. The Morgan fingerprint density at radius 2 is 2.00 bits per heavy atom. The van der Waals surface area contributed by atoms with Crippen LogP contribution in [0.5, 0.6) is 5.75 Å². The minimum Gasteiger partial charge on any atom is -0.506 e. The van der Waals surface area contributed by atoms with E-state index in [1.807, 2.05) is 19.9 Å². The molecule has 0 aliphatic heterocycles. The van der Waals surface area contributed by atoms with Crippen LogP contribution in [0.2, 0.25) is 0 Å². The van der Waals surface area contributed by atoms with Crippen molar-refractivity contribution in [1.82, 2.24) is 0 Å². The maximum atomic E-state index is 9.73. The molecule has 1 rings (SSSR count). The van der Waals surface area contributed by atoms with Gasteiger partial charge in [-0.15, -0.1) is 0 Å². The van der Waals surface area contributed by atoms with Gasteiger partial charge in [0.05, 0.1) is 4.47 Å². The molecule has 1 aromatic carbocycles. The van der Waals surface area contributed by atoms with Gasteiger partial charge in [0.25, 0.3) is 0 Å². The summed E-state index contributed by atoms with van der Waals surface area (Å²) in [6, 6.07) is 1.67. The predicted molar refractivity (Wildman–Crippen MR) is 60.8 cm³/mol. The Labute approximate surface area is 94.4 Å². The summed E-state index contributed by atoms with van der Waals surface area (Å²) in [5, 5.41) is 9.73. The van der Waals surface area contributed by atoms with Crippen molar-refractivity contribution in [2.75, 3.05) is 0 Å². The van der Waals surface area contributed by atoms with Gasteiger partial charge in [0, 0.05) is 16.1 Å². The summed E-state index contributed by atoms with van der Waals surface area (Å²) in [5.41, 5.74) is 7.41. The topological polar surface area (TPSA) is 46.2 Å². The zero-order chi connectivity index (χ0) is 10.2. The molecular weight excluding hydrogens is 298 g/mol. The Bertz CT molecular complexity index is 337. The number of phenols is 1. The molecule has 2 nitrogen and oxygen atoms in total. The van der Waals surface area contributed by atoms with Crippen LogP contribution in [0, 0.1) is 6.92 Å². The first-order valence-electron chi connectivity index (χ1n) is 3.88. The summed E-state index contributed by atoms with van der Waals surface area (Å²) in [4.78, 5) is 0. The first-order valence-corrected chi connectivity index (χ1v) is 5.46. The molecular formula is C9H11Br2NO. The molecule has 0 unspecified atom stereocenters. The maximum absolute atomic E-state index is 9.73. The lowest BCUT2D eigenvalue weighted by molar-refractivity contribution is 0.459. The molecule has 0 amide bonds. The zero-order valence-corrected chi connectivity index (χ0v) is 10.6. The highest BCUT2D eigenvalue weighted by molar-refractivity contribution is 9.11. The fraction of sp³-hybridized carbons (Fsp3) is 0.333. The molecule has 0 radical (unpaired) electrons. The summed E-state index contributed by atoms with van der Waals surface area (Å²) in [6.07, 6.45) is 0. The van der Waals surface area contributed by atoms with E-state index >= 15 is 0 Å². The second-order valence-electron chi connectivity index (χ2n) is 3.02. The van der Waals surface area contributed by atoms with E-state index in [0.29, 0.717) is 4.47 Å². The lowest BCUT2D eigenvalue weighted by atomic mass is 10.1. The molecule has 0 spiro atoms. The van der Waals surface area contributed by atoms with Crippen molar-refractivity contribution in [1.29, 1.82) is 0 Å². The van der Waals surface area contributed by atoms with E-state index in [9.17, 15) is 5.11 Å². The number of benzene rings is 1. The van der Waals surface area contributed by atoms with E-state index < -0.39 is 0 Å². The normalized spacial score (nSPS) is 13.0. The summed E-state index contributed by atoms with van der Waals surface area (Å²) < 4.78 is 1.65. The van der Waals surface area contributed by atoms with Gasteiger partial charge in [0.15, 0.2) is 0 Å². The Kier molecular flexibility index (Phi) is 3.38. The quantitative estimate of drug-likeness (QED) is 0.836. The molecule has 72 valence electrons. The first-order chi connectivity index (χ1) is 5.95. The van der Waals surface area contributed by atoms with Crippen molar-refractivity contribution >= 4 is 31.9 Å². The van der Waals surface area contributed by atoms with Crippen LogP contribution in [-0.2, 0) is 0 Å². The minimum absolute atomic E-state index is 0.173. The van der Waals surface area contributed by atoms with Gasteiger partial charge in [-0.2, -0.15) is 0 Å². The third kappa shape index (κ3) is 2.06. The van der Waals surface area contributed by atoms with Crippen LogP contribution in [-0.4, -0.2) is 5.11 Å². The number of aromatic hydroxyl groups is 1. The van der Waals surface area contributed by atoms with Crippen molar-refractivity contribution in [2.24, 2.45) is 5.73 Å². The summed E-state index contributed by atoms with van der Waals surface area (Å²) in [6.45, 7) is 3.75. The first kappa shape index (κ1) is 11.0. The number of phenolic OH excluding ortho intramolecular Hbond substituents is 1. The lowest BCUT2D eigenvalue weighted by Crippen LogP contribution is -2.05. The van der Waals surface area contributed by atoms with Crippen LogP contribution in [0.25, 0.3) is 0 Å². The van der Waals surface area contributed by atoms with Gasteiger partial charge in [-0.3, -0.25) is 0 Å². The molecule has 0 aliphatic rings. The van der Waals surface area contributed by atoms with E-state index in [0.717, 1.165) is 15.6 Å². The van der Waals surface area contributed by atoms with Gasteiger partial charge in [-0.05, 0) is 41.4 Å². The smallest absolute Gasteiger partial charge is 0.134 e. The maximum Gasteiger partial charge on any atom is 0.134 e. The number of rotatable bonds is 1. The molecule has 0 saturated carbocycles. The van der Waals surface area contributed by atoms with E-state index in [1.54, 1.807) is 0 Å². The third-order valence-electron chi connectivity index (χ3n) is 1.94. The van der Waals surface area contributed by atoms with Crippen LogP contribution < -0.4 is 5.73 Å². The number of nitrogens with two attached hydrogens (primary N) is 1. The summed E-state index contributed by atoms with van der Waals surface area (Å²) in [7, 11) is 0. The molecule has 0 fully saturated rings. The van der Waals surface area contributed by atoms with Gasteiger partial charge in [-0.1, -0.05) is 15.9 Å². The average Bonchev–Trinajstić information content (AvgIpc) is 2.07. The van der Waals surface area contributed by atoms with Crippen LogP contribution in [0.3, 0.4) is 0 Å². The Balaban J connectivity index is 3.41. The van der Waals surface area contributed by atoms with E-state index in [-0.39, 0.29) is 11.8 Å². The van der Waals surface area contributed by atoms with Crippen molar-refractivity contribution in [3.8, 4) is 5.75 Å². The van der Waals surface area contributed by atoms with E-state index in [1.165, 1.54) is 0 Å². The fourth-order valence-electron chi connectivity index (χ4n) is 1.07. The highest BCUT2D eigenvalue weighted by Crippen LogP contribution is 2.37. The van der Waals surface area contributed by atoms with Crippen LogP contribution >= 0.6 is 31.9 Å².